The number of imidazole rings is 2. The molecule has 8 aromatic rings. The maximum Gasteiger partial charge on any atom is 0.418 e. The molecule has 0 spiro atoms. The number of alkyl halides is 7. The number of carbonyl (C=O) groups is 2. The summed E-state index contributed by atoms with van der Waals surface area (Å²) in [6.45, 7) is 14.0. The van der Waals surface area contributed by atoms with Gasteiger partial charge in [-0.3, -0.25) is 47.8 Å². The van der Waals surface area contributed by atoms with Gasteiger partial charge in [-0.05, 0) is 81.2 Å². The SMILES string of the molecule is CC(C)(C)[Si](C)(C)OCCCBr.Cc1ncc(-c2cccc(NC(=O)Cn3cnc4c3c(=O)[nH]c(=O)n4C)n2)cc1C(F)(F)F.Cc1ncc(-c2cccc(NC(=O)Cn3cnc4c3c(=O)n(CCCO)c(=O)n4C)n2)cc1C(F)(F)F. The summed E-state index contributed by atoms with van der Waals surface area (Å²) in [4.78, 5) is 101. The number of carbonyl (C=O) groups excluding carboxylic acids is 2. The third-order valence-corrected chi connectivity index (χ3v) is 18.2. The highest BCUT2D eigenvalue weighted by Gasteiger charge is 2.37. The molecule has 0 bridgehead atoms. The number of nitrogens with one attached hydrogen (secondary N) is 3. The van der Waals surface area contributed by atoms with Crippen molar-refractivity contribution in [1.82, 2.24) is 57.7 Å². The Hall–Kier alpha value is -7.96. The molecule has 0 aliphatic carbocycles. The second-order valence-electron chi connectivity index (χ2n) is 20.1. The van der Waals surface area contributed by atoms with Crippen molar-refractivity contribution in [3.63, 3.8) is 0 Å². The molecule has 4 N–H and O–H groups in total. The van der Waals surface area contributed by atoms with E-state index in [9.17, 15) is 55.1 Å². The number of nitrogens with zero attached hydrogens (tertiary/aromatic N) is 11. The maximum atomic E-state index is 13.3. The lowest BCUT2D eigenvalue weighted by atomic mass is 10.1. The molecule has 0 fully saturated rings. The van der Waals surface area contributed by atoms with Crippen molar-refractivity contribution in [2.75, 3.05) is 29.2 Å². The van der Waals surface area contributed by atoms with E-state index in [1.54, 1.807) is 0 Å². The number of aromatic amines is 1. The minimum atomic E-state index is -4.58. The number of pyridine rings is 4. The second kappa shape index (κ2) is 25.9. The molecule has 0 atom stereocenters. The van der Waals surface area contributed by atoms with Crippen LogP contribution in [0.4, 0.5) is 38.0 Å². The molecule has 8 heterocycles. The zero-order chi connectivity index (χ0) is 60.6. The molecule has 0 saturated carbocycles. The molecule has 22 nitrogen and oxygen atoms in total. The molecule has 0 unspecified atom stereocenters. The van der Waals surface area contributed by atoms with Gasteiger partial charge in [-0.1, -0.05) is 48.8 Å². The number of halogens is 7. The van der Waals surface area contributed by atoms with Gasteiger partial charge in [0, 0.05) is 74.1 Å². The van der Waals surface area contributed by atoms with Crippen LogP contribution in [0, 0.1) is 13.8 Å². The fourth-order valence-corrected chi connectivity index (χ4v) is 9.01. The Labute approximate surface area is 472 Å². The van der Waals surface area contributed by atoms with E-state index >= 15 is 0 Å². The van der Waals surface area contributed by atoms with Crippen LogP contribution in [0.15, 0.2) is 92.8 Å². The first-order chi connectivity index (χ1) is 38.4. The standard InChI is InChI=1S/C23H22F3N7O4.C20H16F3N7O3.C9H21BrOSi/c1-13-15(23(24,25)26)9-14(10-27-13)16-5-3-6-17(29-16)30-18(35)11-32-12-28-20-19(32)21(36)33(7-4-8-34)22(37)31(20)2;1-10-12(20(21,22)23)6-11(7-24-10)13-4-3-5-14(26-13)27-15(31)8-30-9-25-17-16(30)18(32)28-19(33)29(17)2;1-9(2,3)12(4,5)11-8-6-7-10/h3,5-6,9-10,12,34H,4,7-8,11H2,1-2H3,(H,29,30,35);3-7,9H,8H2,1-2H3,(H,26,27,31)(H,28,32,33);6-8H2,1-5H3. The third-order valence-electron chi connectivity index (χ3n) is 13.1. The summed E-state index contributed by atoms with van der Waals surface area (Å²) in [6, 6.07) is 10.9. The number of anilines is 2. The number of hydrogen-bond acceptors (Lipinski definition) is 14. The minimum Gasteiger partial charge on any atom is -0.417 e. The summed E-state index contributed by atoms with van der Waals surface area (Å²) in [5.74, 6) is -0.978. The molecule has 0 aromatic carbocycles. The van der Waals surface area contributed by atoms with Gasteiger partial charge in [0.2, 0.25) is 11.8 Å². The maximum absolute atomic E-state index is 13.3. The highest BCUT2D eigenvalue weighted by atomic mass is 79.9. The largest absolute Gasteiger partial charge is 0.418 e. The van der Waals surface area contributed by atoms with Crippen LogP contribution >= 0.6 is 15.9 Å². The van der Waals surface area contributed by atoms with E-state index in [0.29, 0.717) is 5.04 Å². The summed E-state index contributed by atoms with van der Waals surface area (Å²) in [7, 11) is 1.41. The van der Waals surface area contributed by atoms with Gasteiger partial charge in [-0.25, -0.2) is 29.5 Å². The number of aliphatic hydroxyl groups is 1. The van der Waals surface area contributed by atoms with Crippen LogP contribution < -0.4 is 33.1 Å². The van der Waals surface area contributed by atoms with Gasteiger partial charge < -0.3 is 29.3 Å². The summed E-state index contributed by atoms with van der Waals surface area (Å²) >= 11 is 3.40. The van der Waals surface area contributed by atoms with Crippen LogP contribution in [0.5, 0.6) is 0 Å². The topological polar surface area (TPSA) is 274 Å². The number of amides is 2. The van der Waals surface area contributed by atoms with Crippen molar-refractivity contribution >= 4 is 70.0 Å². The van der Waals surface area contributed by atoms with Crippen LogP contribution in [0.1, 0.15) is 56.1 Å². The smallest absolute Gasteiger partial charge is 0.417 e. The Morgan fingerprint density at radius 1 is 0.720 bits per heavy atom. The van der Waals surface area contributed by atoms with E-state index in [4.69, 9.17) is 9.53 Å². The van der Waals surface area contributed by atoms with E-state index in [1.165, 1.54) is 103 Å². The number of fused-ring (bicyclic) bond motifs is 2. The normalized spacial score (nSPS) is 12.0. The van der Waals surface area contributed by atoms with Gasteiger partial charge >= 0.3 is 23.7 Å². The molecule has 0 aliphatic rings. The average Bonchev–Trinajstić information content (AvgIpc) is 4.02. The van der Waals surface area contributed by atoms with E-state index < -0.39 is 66.1 Å². The molecule has 8 rings (SSSR count). The van der Waals surface area contributed by atoms with Gasteiger partial charge in [0.25, 0.3) is 11.1 Å². The fraction of sp³-hybridized carbons (Fsp3) is 0.385. The van der Waals surface area contributed by atoms with Gasteiger partial charge in [0.05, 0.1) is 35.2 Å². The predicted octanol–water partition coefficient (Wildman–Crippen LogP) is 7.34. The number of rotatable bonds is 15. The van der Waals surface area contributed by atoms with Gasteiger partial charge in [-0.15, -0.1) is 0 Å². The first-order valence-electron chi connectivity index (χ1n) is 25.1. The van der Waals surface area contributed by atoms with Crippen molar-refractivity contribution in [1.29, 1.82) is 0 Å². The number of aryl methyl sites for hydroxylation is 4. The van der Waals surface area contributed by atoms with Crippen LogP contribution in [0.25, 0.3) is 44.8 Å². The summed E-state index contributed by atoms with van der Waals surface area (Å²) in [5, 5.41) is 15.5. The van der Waals surface area contributed by atoms with Crippen LogP contribution in [-0.2, 0) is 60.1 Å². The first-order valence-corrected chi connectivity index (χ1v) is 29.1. The number of aromatic nitrogens is 12. The lowest BCUT2D eigenvalue weighted by molar-refractivity contribution is -0.139. The average molecular weight is 1230 g/mol. The van der Waals surface area contributed by atoms with Crippen molar-refractivity contribution in [2.24, 2.45) is 14.1 Å². The Bertz CT molecular complexity index is 3880. The Morgan fingerprint density at radius 2 is 1.20 bits per heavy atom. The molecular weight excluding hydrogens is 1170 g/mol. The Kier molecular flexibility index (Phi) is 19.9. The quantitative estimate of drug-likeness (QED) is 0.0338. The molecule has 82 heavy (non-hydrogen) atoms. The van der Waals surface area contributed by atoms with Crippen molar-refractivity contribution in [3.8, 4) is 22.5 Å². The molecule has 30 heteroatoms. The summed E-state index contributed by atoms with van der Waals surface area (Å²) in [6.07, 6.45) is -2.79. The van der Waals surface area contributed by atoms with Gasteiger partial charge in [-0.2, -0.15) is 26.3 Å². The Morgan fingerprint density at radius 3 is 1.65 bits per heavy atom. The number of H-pyrrole nitrogens is 1. The zero-order valence-electron chi connectivity index (χ0n) is 46.0. The predicted molar refractivity (Wildman–Crippen MR) is 300 cm³/mol. The molecular formula is C52H59BrF6N14O8Si. The highest BCUT2D eigenvalue weighted by molar-refractivity contribution is 9.09. The van der Waals surface area contributed by atoms with E-state index in [1.807, 2.05) is 0 Å². The van der Waals surface area contributed by atoms with Crippen molar-refractivity contribution in [2.45, 2.75) is 97.6 Å². The second-order valence-corrected chi connectivity index (χ2v) is 25.7. The van der Waals surface area contributed by atoms with Crippen molar-refractivity contribution < 1.29 is 45.5 Å². The molecule has 0 aliphatic heterocycles. The summed E-state index contributed by atoms with van der Waals surface area (Å²) in [5.41, 5.74) is -3.75. The highest BCUT2D eigenvalue weighted by Crippen LogP contribution is 2.37. The number of hydrogen-bond donors (Lipinski definition) is 4. The monoisotopic (exact) mass is 1230 g/mol. The third kappa shape index (κ3) is 15.1. The minimum absolute atomic E-state index is 0.00401. The van der Waals surface area contributed by atoms with E-state index in [-0.39, 0.29) is 101 Å². The Balaban J connectivity index is 0.000000221. The lowest BCUT2D eigenvalue weighted by Gasteiger charge is -2.36. The van der Waals surface area contributed by atoms with Crippen LogP contribution in [-0.4, -0.2) is 102 Å². The van der Waals surface area contributed by atoms with Crippen molar-refractivity contribution in [3.05, 3.63) is 138 Å². The van der Waals surface area contributed by atoms with Crippen LogP contribution in [0.3, 0.4) is 0 Å². The molecule has 438 valence electrons. The van der Waals surface area contributed by atoms with E-state index in [2.05, 4.69) is 95.3 Å². The van der Waals surface area contributed by atoms with E-state index in [0.717, 1.165) is 39.6 Å². The molecule has 2 amide bonds. The van der Waals surface area contributed by atoms with Crippen LogP contribution in [0.2, 0.25) is 18.1 Å². The molecule has 0 saturated heterocycles. The van der Waals surface area contributed by atoms with Gasteiger partial charge in [0.15, 0.2) is 30.6 Å². The molecule has 8 aromatic heterocycles. The fourth-order valence-electron chi connectivity index (χ4n) is 7.70. The number of aliphatic hydroxyl groups excluding tert-OH is 1. The zero-order valence-corrected chi connectivity index (χ0v) is 48.5. The molecule has 0 radical (unpaired) electrons. The lowest BCUT2D eigenvalue weighted by Crippen LogP contribution is -2.41. The van der Waals surface area contributed by atoms with Gasteiger partial charge in [0.1, 0.15) is 24.7 Å². The first kappa shape index (κ1) is 63.2. The summed E-state index contributed by atoms with van der Waals surface area (Å²) < 4.78 is 91.2.